The minimum Gasteiger partial charge on any atom is -0.495 e. The molecule has 0 aliphatic carbocycles. The van der Waals surface area contributed by atoms with Gasteiger partial charge < -0.3 is 14.3 Å². The second-order valence-electron chi connectivity index (χ2n) is 8.70. The van der Waals surface area contributed by atoms with Crippen molar-refractivity contribution in [3.63, 3.8) is 0 Å². The fourth-order valence-electron chi connectivity index (χ4n) is 4.54. The van der Waals surface area contributed by atoms with Crippen LogP contribution >= 0.6 is 23.2 Å². The lowest BCUT2D eigenvalue weighted by Gasteiger charge is -2.18. The van der Waals surface area contributed by atoms with Crippen LogP contribution in [-0.4, -0.2) is 35.0 Å². The van der Waals surface area contributed by atoms with Gasteiger partial charge in [0.05, 0.1) is 39.5 Å². The Kier molecular flexibility index (Phi) is 5.86. The van der Waals surface area contributed by atoms with Gasteiger partial charge in [-0.2, -0.15) is 0 Å². The van der Waals surface area contributed by atoms with Gasteiger partial charge in [0.1, 0.15) is 11.3 Å². The predicted octanol–water partition coefficient (Wildman–Crippen LogP) is 6.98. The Morgan fingerprint density at radius 2 is 1.67 bits per heavy atom. The average molecular weight is 559 g/mol. The van der Waals surface area contributed by atoms with Crippen molar-refractivity contribution in [1.29, 1.82) is 0 Å². The van der Waals surface area contributed by atoms with E-state index in [1.807, 2.05) is 24.3 Å². The van der Waals surface area contributed by atoms with Crippen molar-refractivity contribution in [1.82, 2.24) is 4.98 Å². The van der Waals surface area contributed by atoms with Gasteiger partial charge in [-0.1, -0.05) is 41.4 Å². The molecular weight excluding hydrogens is 543 g/mol. The Labute approximate surface area is 231 Å². The number of rotatable bonds is 5. The van der Waals surface area contributed by atoms with Crippen LogP contribution in [0.25, 0.3) is 33.7 Å². The monoisotopic (exact) mass is 558 g/mol. The maximum Gasteiger partial charge on any atom is 0.335 e. The van der Waals surface area contributed by atoms with Crippen LogP contribution in [0.5, 0.6) is 5.75 Å². The van der Waals surface area contributed by atoms with Crippen molar-refractivity contribution in [3.8, 4) is 28.3 Å². The van der Waals surface area contributed by atoms with Gasteiger partial charge in [0.15, 0.2) is 5.58 Å². The number of aromatic nitrogens is 1. The summed E-state index contributed by atoms with van der Waals surface area (Å²) in [6.45, 7) is 0. The first kappa shape index (κ1) is 24.7. The molecule has 0 spiro atoms. The average Bonchev–Trinajstić information content (AvgIpc) is 3.47. The van der Waals surface area contributed by atoms with Crippen molar-refractivity contribution in [2.75, 3.05) is 12.0 Å². The third kappa shape index (κ3) is 4.01. The van der Waals surface area contributed by atoms with Gasteiger partial charge in [0.25, 0.3) is 11.8 Å². The first-order valence-electron chi connectivity index (χ1n) is 11.6. The highest BCUT2D eigenvalue weighted by molar-refractivity contribution is 6.43. The first-order chi connectivity index (χ1) is 18.8. The van der Waals surface area contributed by atoms with Gasteiger partial charge in [-0.15, -0.1) is 0 Å². The van der Waals surface area contributed by atoms with E-state index in [0.717, 1.165) is 16.0 Å². The summed E-state index contributed by atoms with van der Waals surface area (Å²) in [4.78, 5) is 43.4. The second kappa shape index (κ2) is 9.27. The Morgan fingerprint density at radius 3 is 2.44 bits per heavy atom. The number of aromatic carboxylic acids is 1. The smallest absolute Gasteiger partial charge is 0.335 e. The predicted molar refractivity (Wildman–Crippen MR) is 146 cm³/mol. The van der Waals surface area contributed by atoms with E-state index in [9.17, 15) is 19.5 Å². The minimum atomic E-state index is -1.20. The van der Waals surface area contributed by atoms with Gasteiger partial charge >= 0.3 is 5.97 Å². The topological polar surface area (TPSA) is 110 Å². The van der Waals surface area contributed by atoms with Gasteiger partial charge in [-0.25, -0.2) is 14.7 Å². The lowest BCUT2D eigenvalue weighted by Crippen LogP contribution is -2.29. The second-order valence-corrected chi connectivity index (χ2v) is 9.49. The van der Waals surface area contributed by atoms with Gasteiger partial charge in [0.2, 0.25) is 5.89 Å². The summed E-state index contributed by atoms with van der Waals surface area (Å²) in [6.07, 6.45) is 0. The van der Waals surface area contributed by atoms with Gasteiger partial charge in [-0.3, -0.25) is 9.59 Å². The lowest BCUT2D eigenvalue weighted by molar-refractivity contribution is 0.0696. The summed E-state index contributed by atoms with van der Waals surface area (Å²) in [7, 11) is 1.42. The number of carbonyl (C=O) groups excluding carboxylic acids is 2. The number of carboxylic acids is 1. The molecule has 1 aliphatic rings. The molecule has 0 saturated carbocycles. The molecule has 39 heavy (non-hydrogen) atoms. The van der Waals surface area contributed by atoms with Crippen molar-refractivity contribution >= 4 is 57.8 Å². The highest BCUT2D eigenvalue weighted by Gasteiger charge is 2.39. The van der Waals surface area contributed by atoms with Crippen LogP contribution in [0.4, 0.5) is 5.69 Å². The lowest BCUT2D eigenvalue weighted by atomic mass is 10.1. The largest absolute Gasteiger partial charge is 0.495 e. The molecule has 1 N–H and O–H groups in total. The number of nitrogens with zero attached hydrogens (tertiary/aromatic N) is 2. The molecule has 2 amide bonds. The number of fused-ring (bicyclic) bond motifs is 2. The SMILES string of the molecule is COc1ccc(-c2nc3cc(-c4cccc(Cl)c4Cl)ccc3o2)cc1N1C(=O)c2ccc(C(=O)O)cc2C1=O. The number of halogens is 2. The molecule has 0 bridgehead atoms. The molecular formula is C29H16Cl2N2O6. The maximum absolute atomic E-state index is 13.3. The molecule has 0 unspecified atom stereocenters. The highest BCUT2D eigenvalue weighted by atomic mass is 35.5. The van der Waals surface area contributed by atoms with Gasteiger partial charge in [0, 0.05) is 11.1 Å². The van der Waals surface area contributed by atoms with E-state index in [-0.39, 0.29) is 34.0 Å². The zero-order valence-corrected chi connectivity index (χ0v) is 21.6. The standard InChI is InChI=1S/C29H16Cl2N2O6/c1-38-24-10-7-15(13-22(24)33-27(34)18-8-5-16(29(36)37)11-19(18)28(33)35)26-32-21-12-14(6-9-23(21)39-26)17-3-2-4-20(30)25(17)31/h2-13H,1H3,(H,36,37). The number of carbonyl (C=O) groups is 3. The molecule has 0 radical (unpaired) electrons. The van der Waals surface area contributed by atoms with Crippen LogP contribution in [0.2, 0.25) is 10.0 Å². The number of oxazole rings is 1. The summed E-state index contributed by atoms with van der Waals surface area (Å²) in [6, 6.07) is 19.5. The van der Waals surface area contributed by atoms with Crippen LogP contribution in [0, 0.1) is 0 Å². The van der Waals surface area contributed by atoms with Crippen LogP contribution in [-0.2, 0) is 0 Å². The normalized spacial score (nSPS) is 12.7. The number of amides is 2. The van der Waals surface area contributed by atoms with E-state index < -0.39 is 17.8 Å². The number of methoxy groups -OCH3 is 1. The minimum absolute atomic E-state index is 0.00132. The number of ether oxygens (including phenoxy) is 1. The highest BCUT2D eigenvalue weighted by Crippen LogP contribution is 2.39. The fraction of sp³-hybridized carbons (Fsp3) is 0.0345. The van der Waals surface area contributed by atoms with Crippen LogP contribution in [0.3, 0.4) is 0 Å². The van der Waals surface area contributed by atoms with E-state index >= 15 is 0 Å². The zero-order chi connectivity index (χ0) is 27.4. The number of hydrogen-bond acceptors (Lipinski definition) is 6. The number of anilines is 1. The summed E-state index contributed by atoms with van der Waals surface area (Å²) in [5.74, 6) is -1.93. The Morgan fingerprint density at radius 1 is 0.897 bits per heavy atom. The molecule has 5 aromatic rings. The number of carboxylic acid groups (broad SMARTS) is 1. The summed E-state index contributed by atoms with van der Waals surface area (Å²) < 4.78 is 11.4. The third-order valence-electron chi connectivity index (χ3n) is 6.45. The van der Waals surface area contributed by atoms with Crippen LogP contribution in [0.15, 0.2) is 77.2 Å². The molecule has 1 aromatic heterocycles. The summed E-state index contributed by atoms with van der Waals surface area (Å²) in [5.41, 5.74) is 3.31. The molecule has 0 saturated heterocycles. The van der Waals surface area contributed by atoms with Crippen molar-refractivity contribution < 1.29 is 28.6 Å². The quantitative estimate of drug-likeness (QED) is 0.232. The fourth-order valence-corrected chi connectivity index (χ4v) is 4.95. The van der Waals surface area contributed by atoms with E-state index in [4.69, 9.17) is 32.4 Å². The molecule has 2 heterocycles. The Hall–Kier alpha value is -4.66. The van der Waals surface area contributed by atoms with Crippen molar-refractivity contribution in [3.05, 3.63) is 99.5 Å². The van der Waals surface area contributed by atoms with E-state index in [1.54, 1.807) is 30.3 Å². The first-order valence-corrected chi connectivity index (χ1v) is 12.3. The van der Waals surface area contributed by atoms with Gasteiger partial charge in [-0.05, 0) is 60.2 Å². The third-order valence-corrected chi connectivity index (χ3v) is 7.27. The summed E-state index contributed by atoms with van der Waals surface area (Å²) >= 11 is 12.6. The van der Waals surface area contributed by atoms with Crippen molar-refractivity contribution in [2.24, 2.45) is 0 Å². The number of hydrogen-bond donors (Lipinski definition) is 1. The maximum atomic E-state index is 13.3. The molecule has 1 aliphatic heterocycles. The Balaban J connectivity index is 1.41. The van der Waals surface area contributed by atoms with E-state index in [0.29, 0.717) is 26.7 Å². The molecule has 6 rings (SSSR count). The summed E-state index contributed by atoms with van der Waals surface area (Å²) in [5, 5.41) is 10.2. The Bertz CT molecular complexity index is 1860. The molecule has 0 fully saturated rings. The molecule has 0 atom stereocenters. The molecule has 192 valence electrons. The van der Waals surface area contributed by atoms with E-state index in [2.05, 4.69) is 4.98 Å². The number of imide groups is 1. The molecule has 10 heteroatoms. The zero-order valence-electron chi connectivity index (χ0n) is 20.1. The van der Waals surface area contributed by atoms with E-state index in [1.165, 1.54) is 25.3 Å². The molecule has 4 aromatic carbocycles. The van der Waals surface area contributed by atoms with Crippen molar-refractivity contribution in [2.45, 2.75) is 0 Å². The molecule has 8 nitrogen and oxygen atoms in total. The number of benzene rings is 4. The van der Waals surface area contributed by atoms with Crippen LogP contribution in [0.1, 0.15) is 31.1 Å². The van der Waals surface area contributed by atoms with Crippen LogP contribution < -0.4 is 9.64 Å².